The lowest BCUT2D eigenvalue weighted by Gasteiger charge is -2.42. The molecule has 0 aromatic heterocycles. The Morgan fingerprint density at radius 3 is 2.37 bits per heavy atom. The zero-order valence-electron chi connectivity index (χ0n) is 23.3. The molecule has 8 nitrogen and oxygen atoms in total. The fourth-order valence-electron chi connectivity index (χ4n) is 6.56. The summed E-state index contributed by atoms with van der Waals surface area (Å²) in [4.78, 5) is 43.8. The lowest BCUT2D eigenvalue weighted by Crippen LogP contribution is -2.53. The molecule has 1 aliphatic carbocycles. The number of likely N-dealkylation sites (tertiary alicyclic amines) is 2. The first-order valence-electron chi connectivity index (χ1n) is 14.3. The van der Waals surface area contributed by atoms with E-state index in [1.54, 1.807) is 12.0 Å². The predicted octanol–water partition coefficient (Wildman–Crippen LogP) is 3.15. The van der Waals surface area contributed by atoms with Gasteiger partial charge < -0.3 is 24.6 Å². The average Bonchev–Trinajstić information content (AvgIpc) is 3.42. The second-order valence-electron chi connectivity index (χ2n) is 12.8. The first-order valence-corrected chi connectivity index (χ1v) is 14.3. The third kappa shape index (κ3) is 5.68. The van der Waals surface area contributed by atoms with Gasteiger partial charge in [-0.2, -0.15) is 0 Å². The highest BCUT2D eigenvalue weighted by Crippen LogP contribution is 2.34. The molecule has 1 aromatic carbocycles. The number of hydrogen-bond acceptors (Lipinski definition) is 6. The monoisotopic (exact) mass is 525 g/mol. The highest BCUT2D eigenvalue weighted by molar-refractivity contribution is 5.99. The summed E-state index contributed by atoms with van der Waals surface area (Å²) in [6.45, 7) is 8.70. The predicted molar refractivity (Wildman–Crippen MR) is 144 cm³/mol. The van der Waals surface area contributed by atoms with Crippen LogP contribution in [0.3, 0.4) is 0 Å². The van der Waals surface area contributed by atoms with E-state index in [1.165, 1.54) is 24.8 Å². The number of Topliss-reactive ketones (excluding diaryl/α,β-unsaturated/α-hetero) is 1. The van der Waals surface area contributed by atoms with Gasteiger partial charge in [0.05, 0.1) is 6.54 Å². The normalized spacial score (nSPS) is 27.7. The van der Waals surface area contributed by atoms with E-state index in [2.05, 4.69) is 22.3 Å². The van der Waals surface area contributed by atoms with E-state index in [9.17, 15) is 14.4 Å². The van der Waals surface area contributed by atoms with Crippen molar-refractivity contribution in [2.45, 2.75) is 95.5 Å². The number of methoxy groups -OCH3 is 1. The molecular weight excluding hydrogens is 482 g/mol. The van der Waals surface area contributed by atoms with E-state index in [0.717, 1.165) is 32.0 Å². The summed E-state index contributed by atoms with van der Waals surface area (Å²) in [6, 6.07) is 7.30. The molecule has 0 spiro atoms. The highest BCUT2D eigenvalue weighted by atomic mass is 16.5. The topological polar surface area (TPSA) is 88.2 Å². The number of fused-ring (bicyclic) bond motifs is 1. The first-order chi connectivity index (χ1) is 18.1. The van der Waals surface area contributed by atoms with Gasteiger partial charge in [0.15, 0.2) is 5.78 Å². The van der Waals surface area contributed by atoms with Crippen molar-refractivity contribution in [1.82, 2.24) is 15.1 Å². The Hall–Kier alpha value is -2.29. The van der Waals surface area contributed by atoms with Gasteiger partial charge in [0.1, 0.15) is 30.9 Å². The molecule has 1 aromatic rings. The molecule has 4 atom stereocenters. The Kier molecular flexibility index (Phi) is 7.94. The van der Waals surface area contributed by atoms with E-state index in [-0.39, 0.29) is 42.3 Å². The number of ether oxygens (including phenoxy) is 2. The smallest absolute Gasteiger partial charge is 0.251 e. The minimum atomic E-state index is -0.748. The number of piperidine rings is 1. The summed E-state index contributed by atoms with van der Waals surface area (Å²) >= 11 is 0. The SMILES string of the molecule is CO[C@H]1CN(C(=O)[C@H](CC(C)(C)C)NC(=O)c2ccc(C3CCN(C4CCC4)CC3)cc2)[C@@H]2C(=O)CO[C@H]12. The van der Waals surface area contributed by atoms with Crippen molar-refractivity contribution in [2.75, 3.05) is 33.4 Å². The largest absolute Gasteiger partial charge is 0.377 e. The molecule has 0 radical (unpaired) electrons. The van der Waals surface area contributed by atoms with Crippen LogP contribution in [0.15, 0.2) is 24.3 Å². The number of hydrogen-bond donors (Lipinski definition) is 1. The van der Waals surface area contributed by atoms with Crippen molar-refractivity contribution in [1.29, 1.82) is 0 Å². The van der Waals surface area contributed by atoms with Gasteiger partial charge in [-0.1, -0.05) is 39.3 Å². The van der Waals surface area contributed by atoms with E-state index in [4.69, 9.17) is 9.47 Å². The average molecular weight is 526 g/mol. The summed E-state index contributed by atoms with van der Waals surface area (Å²) in [6.07, 6.45) is 6.04. The molecule has 3 aliphatic heterocycles. The number of amides is 2. The van der Waals surface area contributed by atoms with E-state index < -0.39 is 18.2 Å². The van der Waals surface area contributed by atoms with E-state index >= 15 is 0 Å². The molecule has 0 bridgehead atoms. The molecule has 3 saturated heterocycles. The quantitative estimate of drug-likeness (QED) is 0.589. The van der Waals surface area contributed by atoms with Crippen molar-refractivity contribution in [3.05, 3.63) is 35.4 Å². The standard InChI is InChI=1S/C30H43N3O5/c1-30(2,3)16-23(29(36)33-17-25(37-4)27-26(33)24(34)18-38-27)31-28(35)21-10-8-19(9-11-21)20-12-14-32(15-13-20)22-6-5-7-22/h8-11,20,22-23,25-27H,5-7,12-18H2,1-4H3,(H,31,35)/t23-,25-,26+,27+/m0/s1. The number of ketones is 1. The summed E-state index contributed by atoms with van der Waals surface area (Å²) < 4.78 is 11.1. The van der Waals surface area contributed by atoms with Crippen LogP contribution in [0.2, 0.25) is 0 Å². The maximum absolute atomic E-state index is 13.7. The molecule has 4 aliphatic rings. The fraction of sp³-hybridized carbons (Fsp3) is 0.700. The van der Waals surface area contributed by atoms with Gasteiger partial charge in [0.25, 0.3) is 5.91 Å². The minimum Gasteiger partial charge on any atom is -0.377 e. The van der Waals surface area contributed by atoms with E-state index in [1.807, 2.05) is 32.9 Å². The fourth-order valence-corrected chi connectivity index (χ4v) is 6.56. The molecule has 1 saturated carbocycles. The van der Waals surface area contributed by atoms with Gasteiger partial charge >= 0.3 is 0 Å². The van der Waals surface area contributed by atoms with Crippen molar-refractivity contribution < 1.29 is 23.9 Å². The van der Waals surface area contributed by atoms with Crippen LogP contribution in [-0.4, -0.2) is 91.1 Å². The van der Waals surface area contributed by atoms with Gasteiger partial charge in [-0.3, -0.25) is 14.4 Å². The Labute approximate surface area is 226 Å². The van der Waals surface area contributed by atoms with Crippen LogP contribution in [0, 0.1) is 5.41 Å². The molecule has 38 heavy (non-hydrogen) atoms. The lowest BCUT2D eigenvalue weighted by atomic mass is 9.85. The molecule has 8 heteroatoms. The second kappa shape index (κ2) is 11.1. The number of carbonyl (C=O) groups excluding carboxylic acids is 3. The van der Waals surface area contributed by atoms with Gasteiger partial charge in [0, 0.05) is 18.7 Å². The third-order valence-corrected chi connectivity index (χ3v) is 8.91. The van der Waals surface area contributed by atoms with Crippen LogP contribution in [0.5, 0.6) is 0 Å². The zero-order chi connectivity index (χ0) is 27.0. The molecule has 1 N–H and O–H groups in total. The number of carbonyl (C=O) groups is 3. The Morgan fingerprint density at radius 2 is 1.79 bits per heavy atom. The minimum absolute atomic E-state index is 0.0127. The van der Waals surface area contributed by atoms with Gasteiger partial charge in [-0.25, -0.2) is 0 Å². The number of nitrogens with one attached hydrogen (secondary N) is 1. The molecule has 4 fully saturated rings. The van der Waals surface area contributed by atoms with Crippen LogP contribution < -0.4 is 5.32 Å². The third-order valence-electron chi connectivity index (χ3n) is 8.91. The van der Waals surface area contributed by atoms with E-state index in [0.29, 0.717) is 17.9 Å². The summed E-state index contributed by atoms with van der Waals surface area (Å²) in [5.74, 6) is -0.108. The molecule has 3 heterocycles. The molecule has 5 rings (SSSR count). The summed E-state index contributed by atoms with van der Waals surface area (Å²) in [7, 11) is 1.57. The maximum atomic E-state index is 13.7. The summed E-state index contributed by atoms with van der Waals surface area (Å²) in [5.41, 5.74) is 1.62. The van der Waals surface area contributed by atoms with Crippen molar-refractivity contribution >= 4 is 17.6 Å². The Bertz CT molecular complexity index is 1020. The second-order valence-corrected chi connectivity index (χ2v) is 12.8. The van der Waals surface area contributed by atoms with Crippen molar-refractivity contribution in [3.63, 3.8) is 0 Å². The maximum Gasteiger partial charge on any atom is 0.251 e. The number of nitrogens with zero attached hydrogens (tertiary/aromatic N) is 2. The van der Waals surface area contributed by atoms with Crippen molar-refractivity contribution in [2.24, 2.45) is 5.41 Å². The van der Waals surface area contributed by atoms with Gasteiger partial charge in [-0.05, 0) is 74.2 Å². The molecule has 0 unspecified atom stereocenters. The molecular formula is C30H43N3O5. The lowest BCUT2D eigenvalue weighted by molar-refractivity contribution is -0.138. The highest BCUT2D eigenvalue weighted by Gasteiger charge is 2.53. The van der Waals surface area contributed by atoms with Crippen LogP contribution in [0.1, 0.15) is 81.1 Å². The number of rotatable bonds is 7. The summed E-state index contributed by atoms with van der Waals surface area (Å²) in [5, 5.41) is 2.99. The first kappa shape index (κ1) is 27.3. The molecule has 2 amide bonds. The van der Waals surface area contributed by atoms with Crippen LogP contribution >= 0.6 is 0 Å². The number of benzene rings is 1. The van der Waals surface area contributed by atoms with Crippen molar-refractivity contribution in [3.8, 4) is 0 Å². The van der Waals surface area contributed by atoms with Gasteiger partial charge in [-0.15, -0.1) is 0 Å². The molecule has 208 valence electrons. The zero-order valence-corrected chi connectivity index (χ0v) is 23.3. The van der Waals surface area contributed by atoms with Crippen LogP contribution in [-0.2, 0) is 19.1 Å². The van der Waals surface area contributed by atoms with Crippen LogP contribution in [0.25, 0.3) is 0 Å². The van der Waals surface area contributed by atoms with Gasteiger partial charge in [0.2, 0.25) is 5.91 Å². The Morgan fingerprint density at radius 1 is 1.11 bits per heavy atom. The Balaban J connectivity index is 1.24. The van der Waals surface area contributed by atoms with Crippen LogP contribution in [0.4, 0.5) is 0 Å².